The maximum Gasteiger partial charge on any atom is 0.242 e. The van der Waals surface area contributed by atoms with Crippen molar-refractivity contribution in [1.29, 1.82) is 0 Å². The molecule has 196 valence electrons. The molecule has 1 aliphatic heterocycles. The van der Waals surface area contributed by atoms with Crippen LogP contribution in [0.15, 0.2) is 66.0 Å². The molecule has 2 atom stereocenters. The summed E-state index contributed by atoms with van der Waals surface area (Å²) in [6, 6.07) is 19.1. The van der Waals surface area contributed by atoms with Gasteiger partial charge in [-0.15, -0.1) is 11.3 Å². The Labute approximate surface area is 223 Å². The lowest BCUT2D eigenvalue weighted by atomic mass is 10.00. The molecule has 2 amide bonds. The van der Waals surface area contributed by atoms with Crippen molar-refractivity contribution < 1.29 is 19.1 Å². The molecule has 1 aliphatic rings. The van der Waals surface area contributed by atoms with Gasteiger partial charge in [0.05, 0.1) is 26.1 Å². The largest absolute Gasteiger partial charge is 0.493 e. The molecule has 0 spiro atoms. The maximum atomic E-state index is 13.8. The summed E-state index contributed by atoms with van der Waals surface area (Å²) < 4.78 is 11.6. The van der Waals surface area contributed by atoms with Crippen LogP contribution in [0.2, 0.25) is 0 Å². The molecule has 7 heteroatoms. The fourth-order valence-electron chi connectivity index (χ4n) is 4.68. The zero-order valence-electron chi connectivity index (χ0n) is 21.9. The molecule has 6 nitrogen and oxygen atoms in total. The monoisotopic (exact) mass is 520 g/mol. The average molecular weight is 521 g/mol. The average Bonchev–Trinajstić information content (AvgIpc) is 3.41. The van der Waals surface area contributed by atoms with Crippen molar-refractivity contribution in [2.24, 2.45) is 5.92 Å². The van der Waals surface area contributed by atoms with Crippen LogP contribution in [0.25, 0.3) is 0 Å². The number of hydrogen-bond acceptors (Lipinski definition) is 5. The molecule has 0 saturated heterocycles. The van der Waals surface area contributed by atoms with Crippen molar-refractivity contribution >= 4 is 23.2 Å². The van der Waals surface area contributed by atoms with Crippen molar-refractivity contribution in [1.82, 2.24) is 9.80 Å². The van der Waals surface area contributed by atoms with E-state index in [0.29, 0.717) is 43.5 Å². The van der Waals surface area contributed by atoms with Crippen LogP contribution in [-0.4, -0.2) is 55.0 Å². The number of fused-ring (bicyclic) bond motifs is 1. The minimum atomic E-state index is -0.220. The first-order valence-corrected chi connectivity index (χ1v) is 13.8. The normalized spacial score (nSPS) is 15.5. The van der Waals surface area contributed by atoms with Crippen molar-refractivity contribution in [3.8, 4) is 11.5 Å². The van der Waals surface area contributed by atoms with Gasteiger partial charge in [0.15, 0.2) is 11.5 Å². The Bertz CT molecular complexity index is 1180. The SMILES string of the molecule is CC[C@H](C)CN(CC(=O)N1CCc2sccc2[C@@H]1COc1ccccc1OC)C(=O)Cc1ccccc1. The van der Waals surface area contributed by atoms with E-state index in [1.165, 1.54) is 4.88 Å². The van der Waals surface area contributed by atoms with Crippen LogP contribution < -0.4 is 9.47 Å². The van der Waals surface area contributed by atoms with Crippen LogP contribution in [0.1, 0.15) is 42.3 Å². The third-order valence-corrected chi connectivity index (χ3v) is 7.98. The molecule has 0 unspecified atom stereocenters. The van der Waals surface area contributed by atoms with E-state index in [9.17, 15) is 9.59 Å². The van der Waals surface area contributed by atoms with Gasteiger partial charge in [-0.3, -0.25) is 9.59 Å². The topological polar surface area (TPSA) is 59.1 Å². The lowest BCUT2D eigenvalue weighted by Crippen LogP contribution is -2.48. The molecule has 0 bridgehead atoms. The quantitative estimate of drug-likeness (QED) is 0.341. The zero-order valence-corrected chi connectivity index (χ0v) is 22.7. The van der Waals surface area contributed by atoms with Gasteiger partial charge in [0, 0.05) is 18.0 Å². The Morgan fingerprint density at radius 1 is 1.08 bits per heavy atom. The van der Waals surface area contributed by atoms with Gasteiger partial charge in [0.1, 0.15) is 6.61 Å². The van der Waals surface area contributed by atoms with Gasteiger partial charge in [-0.05, 0) is 47.0 Å². The molecule has 0 N–H and O–H groups in total. The second-order valence-electron chi connectivity index (χ2n) is 9.56. The number of benzene rings is 2. The summed E-state index contributed by atoms with van der Waals surface area (Å²) in [5, 5.41) is 2.08. The number of methoxy groups -OCH3 is 1. The number of amides is 2. The highest BCUT2D eigenvalue weighted by molar-refractivity contribution is 7.10. The number of ether oxygens (including phenoxy) is 2. The van der Waals surface area contributed by atoms with E-state index in [1.54, 1.807) is 23.3 Å². The van der Waals surface area contributed by atoms with Gasteiger partial charge in [-0.1, -0.05) is 62.7 Å². The molecular weight excluding hydrogens is 484 g/mol. The number of thiophene rings is 1. The highest BCUT2D eigenvalue weighted by Gasteiger charge is 2.34. The predicted molar refractivity (Wildman–Crippen MR) is 147 cm³/mol. The molecule has 37 heavy (non-hydrogen) atoms. The van der Waals surface area contributed by atoms with Crippen LogP contribution in [0.5, 0.6) is 11.5 Å². The highest BCUT2D eigenvalue weighted by Crippen LogP contribution is 2.35. The van der Waals surface area contributed by atoms with Gasteiger partial charge in [-0.25, -0.2) is 0 Å². The smallest absolute Gasteiger partial charge is 0.242 e. The van der Waals surface area contributed by atoms with Crippen LogP contribution in [-0.2, 0) is 22.4 Å². The Morgan fingerprint density at radius 3 is 2.54 bits per heavy atom. The van der Waals surface area contributed by atoms with E-state index < -0.39 is 0 Å². The highest BCUT2D eigenvalue weighted by atomic mass is 32.1. The van der Waals surface area contributed by atoms with Crippen LogP contribution >= 0.6 is 11.3 Å². The minimum absolute atomic E-state index is 0.0186. The van der Waals surface area contributed by atoms with Gasteiger partial charge in [-0.2, -0.15) is 0 Å². The summed E-state index contributed by atoms with van der Waals surface area (Å²) >= 11 is 1.72. The fourth-order valence-corrected chi connectivity index (χ4v) is 5.61. The predicted octanol–water partition coefficient (Wildman–Crippen LogP) is 5.38. The Kier molecular flexibility index (Phi) is 9.23. The molecule has 2 aromatic carbocycles. The summed E-state index contributed by atoms with van der Waals surface area (Å²) in [6.07, 6.45) is 2.05. The van der Waals surface area contributed by atoms with Crippen LogP contribution in [0.3, 0.4) is 0 Å². The van der Waals surface area contributed by atoms with Gasteiger partial charge in [0.2, 0.25) is 11.8 Å². The number of rotatable bonds is 11. The summed E-state index contributed by atoms with van der Waals surface area (Å²) in [4.78, 5) is 32.0. The second kappa shape index (κ2) is 12.8. The van der Waals surface area contributed by atoms with Crippen molar-refractivity contribution in [2.75, 3.05) is 33.4 Å². The summed E-state index contributed by atoms with van der Waals surface area (Å²) in [5.41, 5.74) is 2.08. The Morgan fingerprint density at radius 2 is 1.81 bits per heavy atom. The lowest BCUT2D eigenvalue weighted by molar-refractivity contribution is -0.143. The van der Waals surface area contributed by atoms with E-state index >= 15 is 0 Å². The first kappa shape index (κ1) is 26.7. The van der Waals surface area contributed by atoms with E-state index in [-0.39, 0.29) is 24.4 Å². The molecule has 0 saturated carbocycles. The van der Waals surface area contributed by atoms with Gasteiger partial charge < -0.3 is 19.3 Å². The second-order valence-corrected chi connectivity index (χ2v) is 10.6. The third-order valence-electron chi connectivity index (χ3n) is 6.99. The van der Waals surface area contributed by atoms with E-state index in [0.717, 1.165) is 24.0 Å². The summed E-state index contributed by atoms with van der Waals surface area (Å²) in [5.74, 6) is 1.55. The molecule has 3 aromatic rings. The minimum Gasteiger partial charge on any atom is -0.493 e. The fraction of sp³-hybridized carbons (Fsp3) is 0.400. The first-order chi connectivity index (χ1) is 18.0. The number of carbonyl (C=O) groups excluding carboxylic acids is 2. The summed E-state index contributed by atoms with van der Waals surface area (Å²) in [6.45, 7) is 5.79. The number of para-hydroxylation sites is 2. The number of carbonyl (C=O) groups is 2. The van der Waals surface area contributed by atoms with E-state index in [2.05, 4.69) is 25.3 Å². The van der Waals surface area contributed by atoms with Crippen LogP contribution in [0, 0.1) is 5.92 Å². The maximum absolute atomic E-state index is 13.8. The van der Waals surface area contributed by atoms with Crippen molar-refractivity contribution in [2.45, 2.75) is 39.2 Å². The summed E-state index contributed by atoms with van der Waals surface area (Å²) in [7, 11) is 1.62. The molecule has 0 radical (unpaired) electrons. The molecular formula is C30H36N2O4S. The molecule has 2 heterocycles. The molecule has 4 rings (SSSR count). The third kappa shape index (κ3) is 6.72. The molecule has 0 aliphatic carbocycles. The molecule has 0 fully saturated rings. The zero-order chi connectivity index (χ0) is 26.2. The van der Waals surface area contributed by atoms with Gasteiger partial charge >= 0.3 is 0 Å². The Hall–Kier alpha value is -3.32. The standard InChI is InChI=1S/C30H36N2O4S/c1-4-22(2)19-31(29(33)18-23-10-6-5-7-11-23)20-30(34)32-16-14-28-24(15-17-37-28)25(32)21-36-27-13-9-8-12-26(27)35-3/h5-13,15,17,22,25H,4,14,16,18-21H2,1-3H3/t22-,25-/m0/s1. The Balaban J connectivity index is 1.51. The lowest BCUT2D eigenvalue weighted by Gasteiger charge is -2.37. The number of nitrogens with zero attached hydrogens (tertiary/aromatic N) is 2. The van der Waals surface area contributed by atoms with Crippen molar-refractivity contribution in [3.05, 3.63) is 82.0 Å². The van der Waals surface area contributed by atoms with Crippen LogP contribution in [0.4, 0.5) is 0 Å². The van der Waals surface area contributed by atoms with Gasteiger partial charge in [0.25, 0.3) is 0 Å². The number of hydrogen-bond donors (Lipinski definition) is 0. The molecule has 1 aromatic heterocycles. The van der Waals surface area contributed by atoms with E-state index in [1.807, 2.05) is 59.5 Å². The van der Waals surface area contributed by atoms with E-state index in [4.69, 9.17) is 9.47 Å². The van der Waals surface area contributed by atoms with Crippen molar-refractivity contribution in [3.63, 3.8) is 0 Å². The first-order valence-electron chi connectivity index (χ1n) is 12.9.